The maximum atomic E-state index is 12.7. The molecule has 0 fully saturated rings. The van der Waals surface area contributed by atoms with Crippen LogP contribution in [0.25, 0.3) is 0 Å². The number of hydrogen-bond acceptors (Lipinski definition) is 4. The lowest BCUT2D eigenvalue weighted by atomic mass is 10.2. The van der Waals surface area contributed by atoms with E-state index in [1.807, 2.05) is 0 Å². The molecule has 0 radical (unpaired) electrons. The molecule has 1 amide bonds. The monoisotopic (exact) mass is 272 g/mol. The highest BCUT2D eigenvalue weighted by Crippen LogP contribution is 2.32. The normalized spacial score (nSPS) is 18.9. The number of halogens is 3. The number of carbonyl (C=O) groups excluding carboxylic acids is 1. The minimum absolute atomic E-state index is 0.0372. The number of alkyl halides is 3. The molecule has 0 saturated carbocycles. The van der Waals surface area contributed by atoms with E-state index in [1.165, 1.54) is 13.1 Å². The Morgan fingerprint density at radius 2 is 2.16 bits per heavy atom. The van der Waals surface area contributed by atoms with Crippen LogP contribution in [0, 0.1) is 6.92 Å². The van der Waals surface area contributed by atoms with E-state index < -0.39 is 23.7 Å². The first-order valence-electron chi connectivity index (χ1n) is 5.46. The number of nitrogens with zero attached hydrogens (tertiary/aromatic N) is 3. The van der Waals surface area contributed by atoms with Crippen molar-refractivity contribution in [2.75, 3.05) is 5.01 Å². The molecule has 1 aliphatic rings. The van der Waals surface area contributed by atoms with Gasteiger partial charge in [-0.2, -0.15) is 18.3 Å². The van der Waals surface area contributed by atoms with Gasteiger partial charge in [0.05, 0.1) is 5.56 Å². The smallest absolute Gasteiger partial charge is 0.368 e. The van der Waals surface area contributed by atoms with Gasteiger partial charge in [0.2, 0.25) is 5.91 Å². The average molecular weight is 272 g/mol. The van der Waals surface area contributed by atoms with Gasteiger partial charge in [0.1, 0.15) is 11.9 Å². The van der Waals surface area contributed by atoms with Crippen LogP contribution in [0.2, 0.25) is 0 Å². The number of aromatic nitrogens is 1. The molecule has 0 spiro atoms. The average Bonchev–Trinajstić information content (AvgIpc) is 2.75. The predicted molar refractivity (Wildman–Crippen MR) is 62.5 cm³/mol. The van der Waals surface area contributed by atoms with Crippen molar-refractivity contribution >= 4 is 17.9 Å². The topological polar surface area (TPSA) is 71.6 Å². The number of aryl methyl sites for hydroxylation is 1. The summed E-state index contributed by atoms with van der Waals surface area (Å²) < 4.78 is 38.1. The largest absolute Gasteiger partial charge is 0.416 e. The summed E-state index contributed by atoms with van der Waals surface area (Å²) >= 11 is 0. The van der Waals surface area contributed by atoms with Crippen LogP contribution in [-0.4, -0.2) is 23.1 Å². The summed E-state index contributed by atoms with van der Waals surface area (Å²) in [6.07, 6.45) is -2.80. The highest BCUT2D eigenvalue weighted by Gasteiger charge is 2.34. The Labute approximate surface area is 106 Å². The van der Waals surface area contributed by atoms with Crippen LogP contribution >= 0.6 is 0 Å². The van der Waals surface area contributed by atoms with Crippen LogP contribution in [0.5, 0.6) is 0 Å². The van der Waals surface area contributed by atoms with Gasteiger partial charge in [-0.3, -0.25) is 4.79 Å². The molecule has 1 unspecified atom stereocenters. The van der Waals surface area contributed by atoms with Gasteiger partial charge in [0.25, 0.3) is 0 Å². The summed E-state index contributed by atoms with van der Waals surface area (Å²) in [5, 5.41) is 4.97. The predicted octanol–water partition coefficient (Wildman–Crippen LogP) is 1.46. The second-order valence-electron chi connectivity index (χ2n) is 4.15. The van der Waals surface area contributed by atoms with Gasteiger partial charge in [-0.25, -0.2) is 9.99 Å². The first-order chi connectivity index (χ1) is 8.79. The van der Waals surface area contributed by atoms with Gasteiger partial charge in [0.15, 0.2) is 0 Å². The fourth-order valence-corrected chi connectivity index (χ4v) is 1.80. The number of rotatable bonds is 2. The Kier molecular flexibility index (Phi) is 3.17. The quantitative estimate of drug-likeness (QED) is 0.885. The van der Waals surface area contributed by atoms with Gasteiger partial charge in [-0.1, -0.05) is 0 Å². The molecule has 1 aromatic heterocycles. The summed E-state index contributed by atoms with van der Waals surface area (Å²) in [6, 6.07) is 0.990. The number of hydrazone groups is 1. The fraction of sp³-hybridized carbons (Fsp3) is 0.364. The molecule has 1 aromatic rings. The Hall–Kier alpha value is -2.12. The summed E-state index contributed by atoms with van der Waals surface area (Å²) in [4.78, 5) is 15.2. The minimum atomic E-state index is -4.48. The molecule has 2 N–H and O–H groups in total. The van der Waals surface area contributed by atoms with Crippen molar-refractivity contribution < 1.29 is 18.0 Å². The van der Waals surface area contributed by atoms with Crippen molar-refractivity contribution in [2.45, 2.75) is 25.6 Å². The molecule has 102 valence electrons. The van der Waals surface area contributed by atoms with Gasteiger partial charge in [0, 0.05) is 18.3 Å². The number of primary amides is 1. The highest BCUT2D eigenvalue weighted by atomic mass is 19.4. The van der Waals surface area contributed by atoms with Crippen LogP contribution in [-0.2, 0) is 11.0 Å². The zero-order valence-electron chi connectivity index (χ0n) is 9.98. The molecule has 0 aliphatic carbocycles. The van der Waals surface area contributed by atoms with Gasteiger partial charge in [-0.15, -0.1) is 0 Å². The van der Waals surface area contributed by atoms with Crippen molar-refractivity contribution in [3.05, 3.63) is 23.4 Å². The van der Waals surface area contributed by atoms with Crippen molar-refractivity contribution in [3.63, 3.8) is 0 Å². The highest BCUT2D eigenvalue weighted by molar-refractivity contribution is 5.88. The van der Waals surface area contributed by atoms with Crippen molar-refractivity contribution in [1.29, 1.82) is 0 Å². The van der Waals surface area contributed by atoms with Crippen molar-refractivity contribution in [1.82, 2.24) is 4.98 Å². The molecule has 0 bridgehead atoms. The number of carbonyl (C=O) groups is 1. The second-order valence-corrected chi connectivity index (χ2v) is 4.15. The third-order valence-electron chi connectivity index (χ3n) is 2.66. The number of pyridine rings is 1. The first-order valence-corrected chi connectivity index (χ1v) is 5.46. The molecule has 2 rings (SSSR count). The molecular formula is C11H11F3N4O. The Morgan fingerprint density at radius 1 is 1.47 bits per heavy atom. The zero-order valence-corrected chi connectivity index (χ0v) is 9.98. The van der Waals surface area contributed by atoms with E-state index in [0.29, 0.717) is 0 Å². The molecular weight excluding hydrogens is 261 g/mol. The molecule has 19 heavy (non-hydrogen) atoms. The standard InChI is InChI=1S/C11H11F3N4O/c1-6-4-7(11(12,13)14)5-9(17-6)18-8(10(15)19)2-3-16-18/h3-5,8H,2H2,1H3,(H2,15,19). The molecule has 0 saturated heterocycles. The van der Waals surface area contributed by atoms with Gasteiger partial charge >= 0.3 is 6.18 Å². The van der Waals surface area contributed by atoms with E-state index in [2.05, 4.69) is 10.1 Å². The summed E-state index contributed by atoms with van der Waals surface area (Å²) in [5.41, 5.74) is 4.53. The van der Waals surface area contributed by atoms with Crippen molar-refractivity contribution in [2.24, 2.45) is 10.8 Å². The zero-order chi connectivity index (χ0) is 14.2. The molecule has 0 aromatic carbocycles. The van der Waals surface area contributed by atoms with E-state index in [0.717, 1.165) is 17.1 Å². The second kappa shape index (κ2) is 4.52. The lowest BCUT2D eigenvalue weighted by Crippen LogP contribution is -2.39. The lowest BCUT2D eigenvalue weighted by Gasteiger charge is -2.21. The molecule has 1 atom stereocenters. The van der Waals surface area contributed by atoms with E-state index in [-0.39, 0.29) is 17.9 Å². The summed E-state index contributed by atoms with van der Waals surface area (Å²) in [6.45, 7) is 1.44. The molecule has 5 nitrogen and oxygen atoms in total. The summed E-state index contributed by atoms with van der Waals surface area (Å²) in [7, 11) is 0. The third kappa shape index (κ3) is 2.67. The minimum Gasteiger partial charge on any atom is -0.368 e. The number of amides is 1. The lowest BCUT2D eigenvalue weighted by molar-refractivity contribution is -0.137. The summed E-state index contributed by atoms with van der Waals surface area (Å²) in [5.74, 6) is -0.695. The molecule has 1 aliphatic heterocycles. The maximum absolute atomic E-state index is 12.7. The maximum Gasteiger partial charge on any atom is 0.416 e. The first kappa shape index (κ1) is 13.3. The number of hydrogen-bond donors (Lipinski definition) is 1. The van der Waals surface area contributed by atoms with Crippen LogP contribution in [0.4, 0.5) is 19.0 Å². The van der Waals surface area contributed by atoms with Gasteiger partial charge < -0.3 is 5.73 Å². The number of anilines is 1. The third-order valence-corrected chi connectivity index (χ3v) is 2.66. The van der Waals surface area contributed by atoms with E-state index in [4.69, 9.17) is 5.73 Å². The van der Waals surface area contributed by atoms with Crippen LogP contribution in [0.15, 0.2) is 17.2 Å². The molecule has 2 heterocycles. The van der Waals surface area contributed by atoms with Crippen LogP contribution in [0.1, 0.15) is 17.7 Å². The van der Waals surface area contributed by atoms with Crippen molar-refractivity contribution in [3.8, 4) is 0 Å². The van der Waals surface area contributed by atoms with Crippen LogP contribution < -0.4 is 10.7 Å². The van der Waals surface area contributed by atoms with Crippen LogP contribution in [0.3, 0.4) is 0 Å². The Bertz CT molecular complexity index is 541. The Balaban J connectivity index is 2.43. The van der Waals surface area contributed by atoms with Gasteiger partial charge in [-0.05, 0) is 19.1 Å². The SMILES string of the molecule is Cc1cc(C(F)(F)F)cc(N2N=CCC2C(N)=O)n1. The number of nitrogens with two attached hydrogens (primary N) is 1. The van der Waals surface area contributed by atoms with E-state index >= 15 is 0 Å². The Morgan fingerprint density at radius 3 is 2.74 bits per heavy atom. The fourth-order valence-electron chi connectivity index (χ4n) is 1.80. The van der Waals surface area contributed by atoms with E-state index in [1.54, 1.807) is 0 Å². The molecule has 8 heteroatoms. The van der Waals surface area contributed by atoms with E-state index in [9.17, 15) is 18.0 Å².